The van der Waals surface area contributed by atoms with Crippen LogP contribution in [0.2, 0.25) is 0 Å². The Bertz CT molecular complexity index is 379. The molecule has 1 rings (SSSR count). The van der Waals surface area contributed by atoms with Gasteiger partial charge in [0.05, 0.1) is 6.10 Å². The van der Waals surface area contributed by atoms with Gasteiger partial charge in [-0.1, -0.05) is 48.5 Å². The highest BCUT2D eigenvalue weighted by atomic mass is 79.9. The van der Waals surface area contributed by atoms with Crippen molar-refractivity contribution in [3.05, 3.63) is 28.2 Å². The molecule has 0 heterocycles. The number of unbranched alkanes of at least 4 members (excludes halogenated alkanes) is 4. The maximum atomic E-state index is 5.85. The Labute approximate surface area is 132 Å². The van der Waals surface area contributed by atoms with Gasteiger partial charge >= 0.3 is 0 Å². The van der Waals surface area contributed by atoms with Crippen LogP contribution in [0.3, 0.4) is 0 Å². The number of rotatable bonds is 10. The Kier molecular flexibility index (Phi) is 8.95. The summed E-state index contributed by atoms with van der Waals surface area (Å²) in [4.78, 5) is 0. The van der Waals surface area contributed by atoms with Crippen molar-refractivity contribution < 1.29 is 4.74 Å². The fourth-order valence-corrected chi connectivity index (χ4v) is 2.54. The molecule has 0 aliphatic carbocycles. The van der Waals surface area contributed by atoms with Crippen molar-refractivity contribution in [1.29, 1.82) is 0 Å². The molecule has 1 aromatic rings. The van der Waals surface area contributed by atoms with E-state index in [0.29, 0.717) is 0 Å². The molecule has 1 N–H and O–H groups in total. The molecule has 20 heavy (non-hydrogen) atoms. The normalized spacial score (nSPS) is 11.1. The van der Waals surface area contributed by atoms with E-state index in [0.717, 1.165) is 23.3 Å². The monoisotopic (exact) mass is 341 g/mol. The fourth-order valence-electron chi connectivity index (χ4n) is 2.13. The van der Waals surface area contributed by atoms with E-state index in [-0.39, 0.29) is 6.10 Å². The Morgan fingerprint density at radius 3 is 2.60 bits per heavy atom. The topological polar surface area (TPSA) is 21.3 Å². The highest BCUT2D eigenvalue weighted by Crippen LogP contribution is 2.24. The average Bonchev–Trinajstić information content (AvgIpc) is 2.40. The standard InChI is InChI=1S/C17H28BrNO/c1-4-5-6-7-8-11-19-13-15-12-16(18)9-10-17(15)20-14(2)3/h9-10,12,14,19H,4-8,11,13H2,1-3H3. The van der Waals surface area contributed by atoms with Crippen LogP contribution in [-0.2, 0) is 6.54 Å². The summed E-state index contributed by atoms with van der Waals surface area (Å²) in [7, 11) is 0. The van der Waals surface area contributed by atoms with Gasteiger partial charge < -0.3 is 10.1 Å². The molecular formula is C17H28BrNO. The third-order valence-corrected chi connectivity index (χ3v) is 3.65. The summed E-state index contributed by atoms with van der Waals surface area (Å²) >= 11 is 3.53. The third kappa shape index (κ3) is 7.30. The van der Waals surface area contributed by atoms with E-state index in [1.54, 1.807) is 0 Å². The van der Waals surface area contributed by atoms with Gasteiger partial charge in [-0.2, -0.15) is 0 Å². The van der Waals surface area contributed by atoms with Crippen LogP contribution < -0.4 is 10.1 Å². The zero-order valence-corrected chi connectivity index (χ0v) is 14.6. The molecule has 114 valence electrons. The van der Waals surface area contributed by atoms with Crippen molar-refractivity contribution in [2.24, 2.45) is 0 Å². The minimum atomic E-state index is 0.212. The molecule has 3 heteroatoms. The molecule has 2 nitrogen and oxygen atoms in total. The number of benzene rings is 1. The largest absolute Gasteiger partial charge is 0.491 e. The summed E-state index contributed by atoms with van der Waals surface area (Å²) < 4.78 is 6.95. The van der Waals surface area contributed by atoms with Gasteiger partial charge in [-0.05, 0) is 45.0 Å². The first kappa shape index (κ1) is 17.5. The quantitative estimate of drug-likeness (QED) is 0.583. The molecule has 0 saturated carbocycles. The maximum absolute atomic E-state index is 5.85. The number of hydrogen-bond acceptors (Lipinski definition) is 2. The van der Waals surface area contributed by atoms with Gasteiger partial charge in [0.2, 0.25) is 0 Å². The van der Waals surface area contributed by atoms with Gasteiger partial charge in [-0.3, -0.25) is 0 Å². The highest BCUT2D eigenvalue weighted by Gasteiger charge is 2.06. The number of nitrogens with one attached hydrogen (secondary N) is 1. The lowest BCUT2D eigenvalue weighted by molar-refractivity contribution is 0.239. The Morgan fingerprint density at radius 2 is 1.90 bits per heavy atom. The summed E-state index contributed by atoms with van der Waals surface area (Å²) in [6.07, 6.45) is 6.82. The van der Waals surface area contributed by atoms with Crippen LogP contribution in [0.25, 0.3) is 0 Å². The zero-order valence-electron chi connectivity index (χ0n) is 13.0. The van der Waals surface area contributed by atoms with Crippen LogP contribution in [-0.4, -0.2) is 12.6 Å². The second-order valence-corrected chi connectivity index (χ2v) is 6.43. The van der Waals surface area contributed by atoms with Gasteiger partial charge in [0, 0.05) is 16.6 Å². The van der Waals surface area contributed by atoms with Gasteiger partial charge in [-0.15, -0.1) is 0 Å². The van der Waals surface area contributed by atoms with Crippen LogP contribution in [0, 0.1) is 0 Å². The Balaban J connectivity index is 2.36. The highest BCUT2D eigenvalue weighted by molar-refractivity contribution is 9.10. The minimum Gasteiger partial charge on any atom is -0.491 e. The molecular weight excluding hydrogens is 314 g/mol. The lowest BCUT2D eigenvalue weighted by Gasteiger charge is -2.15. The van der Waals surface area contributed by atoms with E-state index >= 15 is 0 Å². The van der Waals surface area contributed by atoms with Crippen LogP contribution in [0.5, 0.6) is 5.75 Å². The van der Waals surface area contributed by atoms with E-state index in [4.69, 9.17) is 4.74 Å². The average molecular weight is 342 g/mol. The van der Waals surface area contributed by atoms with E-state index in [1.807, 2.05) is 12.1 Å². The molecule has 0 fully saturated rings. The lowest BCUT2D eigenvalue weighted by atomic mass is 10.1. The van der Waals surface area contributed by atoms with Gasteiger partial charge in [0.15, 0.2) is 0 Å². The molecule has 0 bridgehead atoms. The molecule has 0 aliphatic rings. The molecule has 1 aromatic carbocycles. The van der Waals surface area contributed by atoms with Gasteiger partial charge in [-0.25, -0.2) is 0 Å². The third-order valence-electron chi connectivity index (χ3n) is 3.16. The van der Waals surface area contributed by atoms with Crippen LogP contribution in [0.15, 0.2) is 22.7 Å². The fraction of sp³-hybridized carbons (Fsp3) is 0.647. The predicted molar refractivity (Wildman–Crippen MR) is 90.4 cm³/mol. The van der Waals surface area contributed by atoms with Crippen molar-refractivity contribution in [3.63, 3.8) is 0 Å². The molecule has 0 spiro atoms. The van der Waals surface area contributed by atoms with Gasteiger partial charge in [0.1, 0.15) is 5.75 Å². The number of ether oxygens (including phenoxy) is 1. The summed E-state index contributed by atoms with van der Waals surface area (Å²) in [6.45, 7) is 8.33. The summed E-state index contributed by atoms with van der Waals surface area (Å²) in [5.74, 6) is 0.988. The van der Waals surface area contributed by atoms with Crippen molar-refractivity contribution >= 4 is 15.9 Å². The minimum absolute atomic E-state index is 0.212. The molecule has 0 aromatic heterocycles. The zero-order chi connectivity index (χ0) is 14.8. The summed E-state index contributed by atoms with van der Waals surface area (Å²) in [5.41, 5.74) is 1.22. The SMILES string of the molecule is CCCCCCCNCc1cc(Br)ccc1OC(C)C. The first-order chi connectivity index (χ1) is 9.63. The molecule has 0 atom stereocenters. The van der Waals surface area contributed by atoms with E-state index in [2.05, 4.69) is 48.1 Å². The smallest absolute Gasteiger partial charge is 0.124 e. The maximum Gasteiger partial charge on any atom is 0.124 e. The van der Waals surface area contributed by atoms with Crippen molar-refractivity contribution in [2.75, 3.05) is 6.54 Å². The molecule has 0 unspecified atom stereocenters. The van der Waals surface area contributed by atoms with E-state index in [1.165, 1.54) is 37.7 Å². The molecule has 0 radical (unpaired) electrons. The lowest BCUT2D eigenvalue weighted by Crippen LogP contribution is -2.16. The van der Waals surface area contributed by atoms with Crippen molar-refractivity contribution in [1.82, 2.24) is 5.32 Å². The number of hydrogen-bond donors (Lipinski definition) is 1. The van der Waals surface area contributed by atoms with Crippen molar-refractivity contribution in [2.45, 2.75) is 65.5 Å². The van der Waals surface area contributed by atoms with Crippen molar-refractivity contribution in [3.8, 4) is 5.75 Å². The molecule has 0 aliphatic heterocycles. The van der Waals surface area contributed by atoms with Crippen LogP contribution in [0.1, 0.15) is 58.4 Å². The first-order valence-corrected chi connectivity index (χ1v) is 8.58. The summed E-state index contributed by atoms with van der Waals surface area (Å²) in [6, 6.07) is 6.22. The van der Waals surface area contributed by atoms with Gasteiger partial charge in [0.25, 0.3) is 0 Å². The Morgan fingerprint density at radius 1 is 1.15 bits per heavy atom. The second kappa shape index (κ2) is 10.2. The summed E-state index contributed by atoms with van der Waals surface area (Å²) in [5, 5.41) is 3.52. The van der Waals surface area contributed by atoms with E-state index < -0.39 is 0 Å². The molecule has 0 amide bonds. The predicted octanol–water partition coefficient (Wildman–Crippen LogP) is 5.30. The van der Waals surface area contributed by atoms with Crippen LogP contribution in [0.4, 0.5) is 0 Å². The molecule has 0 saturated heterocycles. The van der Waals surface area contributed by atoms with Crippen LogP contribution >= 0.6 is 15.9 Å². The van der Waals surface area contributed by atoms with E-state index in [9.17, 15) is 0 Å². The Hall–Kier alpha value is -0.540. The number of halogens is 1. The first-order valence-electron chi connectivity index (χ1n) is 7.79. The second-order valence-electron chi connectivity index (χ2n) is 5.51.